The molecule has 1 nitrogen and oxygen atoms in total. The Morgan fingerprint density at radius 2 is 1.59 bits per heavy atom. The molecule has 0 unspecified atom stereocenters. The average Bonchev–Trinajstić information content (AvgIpc) is 2.91. The smallest absolute Gasteiger partial charge is 0.126 e. The van der Waals surface area contributed by atoms with E-state index in [0.717, 1.165) is 49.2 Å². The number of allylic oxidation sites excluding steroid dienone is 8. The van der Waals surface area contributed by atoms with Crippen LogP contribution in [-0.2, 0) is 12.8 Å². The van der Waals surface area contributed by atoms with Gasteiger partial charge in [-0.15, -0.1) is 0 Å². The van der Waals surface area contributed by atoms with E-state index < -0.39 is 0 Å². The number of benzene rings is 2. The third kappa shape index (κ3) is 4.83. The van der Waals surface area contributed by atoms with Crippen LogP contribution in [-0.4, -0.2) is 0 Å². The summed E-state index contributed by atoms with van der Waals surface area (Å²) in [5, 5.41) is 0. The summed E-state index contributed by atoms with van der Waals surface area (Å²) in [6.07, 6.45) is 4.93. The zero-order chi connectivity index (χ0) is 32.5. The van der Waals surface area contributed by atoms with Crippen molar-refractivity contribution in [2.75, 3.05) is 0 Å². The fourth-order valence-corrected chi connectivity index (χ4v) is 9.56. The maximum absolute atomic E-state index is 6.12. The molecule has 0 N–H and O–H groups in total. The molecule has 0 saturated heterocycles. The first-order valence-electron chi connectivity index (χ1n) is 16.5. The first-order chi connectivity index (χ1) is 20.4. The van der Waals surface area contributed by atoms with Crippen LogP contribution < -0.4 is 4.74 Å². The maximum Gasteiger partial charge on any atom is 0.126 e. The molecule has 2 aromatic rings. The molecule has 0 heterocycles. The van der Waals surface area contributed by atoms with Crippen LogP contribution in [0.25, 0.3) is 5.57 Å². The van der Waals surface area contributed by atoms with Gasteiger partial charge in [0.25, 0.3) is 0 Å². The predicted octanol–water partition coefficient (Wildman–Crippen LogP) is 12.1. The van der Waals surface area contributed by atoms with E-state index in [2.05, 4.69) is 101 Å². The zero-order valence-electron chi connectivity index (χ0n) is 29.2. The molecule has 3 aliphatic carbocycles. The molecule has 0 radical (unpaired) electrons. The summed E-state index contributed by atoms with van der Waals surface area (Å²) in [6.45, 7) is 41.7. The largest absolute Gasteiger partial charge is 0.462 e. The minimum atomic E-state index is -0.145. The van der Waals surface area contributed by atoms with Crippen LogP contribution in [0.15, 0.2) is 95.8 Å². The third-order valence-corrected chi connectivity index (χ3v) is 11.7. The first-order valence-corrected chi connectivity index (χ1v) is 16.5. The van der Waals surface area contributed by atoms with Gasteiger partial charge in [0, 0.05) is 11.8 Å². The lowest BCUT2D eigenvalue weighted by Gasteiger charge is -2.62. The highest BCUT2D eigenvalue weighted by Crippen LogP contribution is 2.70. The molecule has 0 amide bonds. The lowest BCUT2D eigenvalue weighted by molar-refractivity contribution is 0.0543. The SMILES string of the molecule is C=C(CCc1cc(C(C)C)c2c(c1C)C(=C)C1=C(C)[C@@]3(C)C(=C)C(C(=C)C)=C(C)C[C@@]3(C)C[C@@]1(C)C2)Oc1ccc(C)cc1. The van der Waals surface area contributed by atoms with Crippen molar-refractivity contribution in [3.8, 4) is 5.75 Å². The van der Waals surface area contributed by atoms with Crippen LogP contribution >= 0.6 is 0 Å². The van der Waals surface area contributed by atoms with E-state index in [4.69, 9.17) is 17.9 Å². The number of rotatable bonds is 7. The molecular weight excluding hydrogens is 532 g/mol. The summed E-state index contributed by atoms with van der Waals surface area (Å²) < 4.78 is 6.12. The fourth-order valence-electron chi connectivity index (χ4n) is 9.56. The van der Waals surface area contributed by atoms with Gasteiger partial charge >= 0.3 is 0 Å². The van der Waals surface area contributed by atoms with E-state index in [0.29, 0.717) is 5.92 Å². The minimum absolute atomic E-state index is 0.0253. The van der Waals surface area contributed by atoms with E-state index in [9.17, 15) is 0 Å². The average molecular weight is 587 g/mol. The molecule has 0 aliphatic heterocycles. The fraction of sp³-hybridized carbons (Fsp3) is 0.442. The summed E-state index contributed by atoms with van der Waals surface area (Å²) in [7, 11) is 0. The normalized spacial score (nSPS) is 26.4. The molecule has 0 aromatic heterocycles. The quantitative estimate of drug-likeness (QED) is 0.293. The number of hydrogen-bond acceptors (Lipinski definition) is 1. The molecule has 2 aromatic carbocycles. The second-order valence-electron chi connectivity index (χ2n) is 15.4. The van der Waals surface area contributed by atoms with Gasteiger partial charge in [0.05, 0.1) is 5.76 Å². The van der Waals surface area contributed by atoms with Crippen LogP contribution in [0.3, 0.4) is 0 Å². The Hall–Kier alpha value is -3.32. The highest BCUT2D eigenvalue weighted by Gasteiger charge is 2.59. The van der Waals surface area contributed by atoms with Crippen molar-refractivity contribution in [3.05, 3.63) is 129 Å². The molecule has 1 heteroatoms. The highest BCUT2D eigenvalue weighted by atomic mass is 16.5. The molecule has 232 valence electrons. The standard InChI is InChI=1S/C43H54O/c1-25(2)36-21-34(18-17-29(7)44-35-19-15-27(5)16-20-35)30(8)39-31(9)40-33(11)43(14)32(10)38(26(3)4)28(6)22-42(43,13)24-41(40,12)23-37(36)39/h15-16,19-21,25H,3,7,9-10,17-18,22-24H2,1-2,4-6,8,11-14H3/t41-,42+,43-/m1/s1. The summed E-state index contributed by atoms with van der Waals surface area (Å²) in [4.78, 5) is 0. The van der Waals surface area contributed by atoms with E-state index >= 15 is 0 Å². The van der Waals surface area contributed by atoms with Gasteiger partial charge in [0.2, 0.25) is 0 Å². The number of aryl methyl sites for hydroxylation is 2. The highest BCUT2D eigenvalue weighted by molar-refractivity contribution is 5.87. The summed E-state index contributed by atoms with van der Waals surface area (Å²) in [5.41, 5.74) is 17.5. The van der Waals surface area contributed by atoms with Crippen LogP contribution in [0.2, 0.25) is 0 Å². The molecule has 0 fully saturated rings. The first kappa shape index (κ1) is 32.1. The Kier molecular flexibility index (Phi) is 7.97. The van der Waals surface area contributed by atoms with E-state index in [1.54, 1.807) is 0 Å². The molecule has 3 aliphatic rings. The predicted molar refractivity (Wildman–Crippen MR) is 190 cm³/mol. The van der Waals surface area contributed by atoms with E-state index in [1.807, 2.05) is 12.1 Å². The van der Waals surface area contributed by atoms with Crippen LogP contribution in [0.5, 0.6) is 5.75 Å². The summed E-state index contributed by atoms with van der Waals surface area (Å²) in [5.74, 6) is 2.08. The van der Waals surface area contributed by atoms with Gasteiger partial charge in [-0.3, -0.25) is 0 Å². The number of hydrogen-bond donors (Lipinski definition) is 0. The Morgan fingerprint density at radius 3 is 2.18 bits per heavy atom. The monoisotopic (exact) mass is 586 g/mol. The lowest BCUT2D eigenvalue weighted by Crippen LogP contribution is -2.52. The molecular formula is C43H54O. The van der Waals surface area contributed by atoms with Gasteiger partial charge < -0.3 is 4.74 Å². The van der Waals surface area contributed by atoms with Crippen molar-refractivity contribution in [3.63, 3.8) is 0 Å². The third-order valence-electron chi connectivity index (χ3n) is 11.7. The molecule has 3 atom stereocenters. The van der Waals surface area contributed by atoms with Gasteiger partial charge in [-0.25, -0.2) is 0 Å². The molecule has 0 bridgehead atoms. The molecule has 0 spiro atoms. The van der Waals surface area contributed by atoms with Crippen molar-refractivity contribution in [1.82, 2.24) is 0 Å². The van der Waals surface area contributed by atoms with Gasteiger partial charge in [-0.1, -0.05) is 101 Å². The topological polar surface area (TPSA) is 9.23 Å². The van der Waals surface area contributed by atoms with Crippen molar-refractivity contribution in [2.24, 2.45) is 16.2 Å². The van der Waals surface area contributed by atoms with Gasteiger partial charge in [-0.2, -0.15) is 0 Å². The van der Waals surface area contributed by atoms with Crippen LogP contribution in [0.1, 0.15) is 114 Å². The minimum Gasteiger partial charge on any atom is -0.462 e. The lowest BCUT2D eigenvalue weighted by atomic mass is 9.41. The molecule has 5 rings (SSSR count). The van der Waals surface area contributed by atoms with Crippen molar-refractivity contribution in [2.45, 2.75) is 107 Å². The Bertz CT molecular complexity index is 1670. The van der Waals surface area contributed by atoms with Gasteiger partial charge in [0.1, 0.15) is 5.75 Å². The Labute approximate surface area is 268 Å². The molecule has 44 heavy (non-hydrogen) atoms. The maximum atomic E-state index is 6.12. The van der Waals surface area contributed by atoms with E-state index in [1.165, 1.54) is 66.8 Å². The second-order valence-corrected chi connectivity index (χ2v) is 15.4. The Morgan fingerprint density at radius 1 is 0.955 bits per heavy atom. The van der Waals surface area contributed by atoms with E-state index in [-0.39, 0.29) is 16.2 Å². The summed E-state index contributed by atoms with van der Waals surface area (Å²) >= 11 is 0. The Balaban J connectivity index is 1.58. The van der Waals surface area contributed by atoms with Crippen molar-refractivity contribution < 1.29 is 4.74 Å². The van der Waals surface area contributed by atoms with Gasteiger partial charge in [0.15, 0.2) is 0 Å². The number of ether oxygens (including phenoxy) is 1. The van der Waals surface area contributed by atoms with Gasteiger partial charge in [-0.05, 0) is 139 Å². The molecule has 0 saturated carbocycles. The van der Waals surface area contributed by atoms with Crippen molar-refractivity contribution >= 4 is 5.57 Å². The summed E-state index contributed by atoms with van der Waals surface area (Å²) in [6, 6.07) is 10.7. The van der Waals surface area contributed by atoms with Crippen LogP contribution in [0, 0.1) is 30.1 Å². The zero-order valence-corrected chi connectivity index (χ0v) is 29.2. The second kappa shape index (κ2) is 10.9. The van der Waals surface area contributed by atoms with Crippen molar-refractivity contribution in [1.29, 1.82) is 0 Å². The van der Waals surface area contributed by atoms with Crippen LogP contribution in [0.4, 0.5) is 0 Å². The number of fused-ring (bicyclic) bond motifs is 3.